The molecule has 0 radical (unpaired) electrons. The first kappa shape index (κ1) is 60.1. The summed E-state index contributed by atoms with van der Waals surface area (Å²) >= 11 is 0. The topological polar surface area (TPSA) is 371 Å². The Labute approximate surface area is 447 Å². The first-order valence-electron chi connectivity index (χ1n) is 24.2. The fourth-order valence-corrected chi connectivity index (χ4v) is 11.4. The minimum Gasteiger partial charge on any atom is -0.508 e. The van der Waals surface area contributed by atoms with Crippen molar-refractivity contribution < 1.29 is 62.1 Å². The van der Waals surface area contributed by atoms with Crippen LogP contribution in [-0.2, 0) is 68.0 Å². The largest absolute Gasteiger partial charge is 0.508 e. The predicted molar refractivity (Wildman–Crippen MR) is 286 cm³/mol. The maximum atomic E-state index is 15.0. The van der Waals surface area contributed by atoms with E-state index in [4.69, 9.17) is 11.5 Å². The van der Waals surface area contributed by atoms with Gasteiger partial charge in [-0.15, -0.1) is 0 Å². The lowest BCUT2D eigenvalue weighted by molar-refractivity contribution is -0.143. The minimum absolute atomic E-state index is 0.110. The quantitative estimate of drug-likeness (QED) is 0.0478. The lowest BCUT2D eigenvalue weighted by atomic mass is 10.0. The number of carbonyl (C=O) groups excluding carboxylic acids is 6. The van der Waals surface area contributed by atoms with E-state index in [1.54, 1.807) is 86.6 Å². The lowest BCUT2D eigenvalue weighted by Crippen LogP contribution is -2.62. The summed E-state index contributed by atoms with van der Waals surface area (Å²) < 4.78 is 33.0. The Hall–Kier alpha value is -6.81. The van der Waals surface area contributed by atoms with E-state index in [0.29, 0.717) is 32.9 Å². The molecule has 76 heavy (non-hydrogen) atoms. The average molecular weight is 1110 g/mol. The van der Waals surface area contributed by atoms with Crippen molar-refractivity contribution in [2.75, 3.05) is 18.1 Å². The number of hydrogen-bond acceptors (Lipinski definition) is 15. The van der Waals surface area contributed by atoms with Crippen LogP contribution >= 0.6 is 21.6 Å². The zero-order chi connectivity index (χ0) is 55.5. The van der Waals surface area contributed by atoms with Gasteiger partial charge < -0.3 is 53.4 Å². The summed E-state index contributed by atoms with van der Waals surface area (Å²) in [5, 5.41) is 43.4. The number of carboxylic acid groups (broad SMARTS) is 2. The van der Waals surface area contributed by atoms with Crippen LogP contribution in [0.1, 0.15) is 56.2 Å². The normalized spacial score (nSPS) is 21.2. The maximum Gasteiger partial charge on any atom is 0.326 e. The number of unbranched alkanes of at least 4 members (excludes halogenated alkanes) is 1. The third-order valence-electron chi connectivity index (χ3n) is 12.0. The van der Waals surface area contributed by atoms with Crippen LogP contribution in [-0.4, -0.2) is 136 Å². The van der Waals surface area contributed by atoms with Gasteiger partial charge in [-0.05, 0) is 64.9 Å². The van der Waals surface area contributed by atoms with Gasteiger partial charge in [0.05, 0.1) is 19.0 Å². The number of hydrogen-bond donors (Lipinski definition) is 12. The van der Waals surface area contributed by atoms with Crippen molar-refractivity contribution >= 4 is 90.0 Å². The van der Waals surface area contributed by atoms with Crippen LogP contribution in [0.4, 0.5) is 0 Å². The Bertz CT molecular complexity index is 2790. The second-order valence-electron chi connectivity index (χ2n) is 18.2. The highest BCUT2D eigenvalue weighted by Gasteiger charge is 2.37. The van der Waals surface area contributed by atoms with E-state index in [1.807, 2.05) is 0 Å². The van der Waals surface area contributed by atoms with Crippen LogP contribution in [0.15, 0.2) is 97.1 Å². The van der Waals surface area contributed by atoms with E-state index in [2.05, 4.69) is 36.7 Å². The number of amides is 6. The van der Waals surface area contributed by atoms with Crippen molar-refractivity contribution in [2.24, 2.45) is 17.4 Å². The number of carbonyl (C=O) groups is 8. The van der Waals surface area contributed by atoms with Crippen LogP contribution in [0, 0.1) is 5.92 Å². The van der Waals surface area contributed by atoms with Gasteiger partial charge in [-0.25, -0.2) is 4.79 Å². The fraction of sp³-hybridized carbons (Fsp3) is 0.400. The number of nitrogens with two attached hydrogens (primary N) is 2. The number of phenolic OH excluding ortho intramolecular Hbond substituents is 1. The molecule has 4 aromatic rings. The monoisotopic (exact) mass is 1110 g/mol. The lowest BCUT2D eigenvalue weighted by Gasteiger charge is -2.30. The second kappa shape index (κ2) is 28.9. The van der Waals surface area contributed by atoms with E-state index in [1.165, 1.54) is 24.3 Å². The molecule has 0 spiro atoms. The van der Waals surface area contributed by atoms with Crippen LogP contribution < -0.4 is 48.2 Å². The van der Waals surface area contributed by atoms with E-state index in [9.17, 15) is 62.1 Å². The van der Waals surface area contributed by atoms with Crippen molar-refractivity contribution in [3.63, 3.8) is 0 Å². The van der Waals surface area contributed by atoms with E-state index < -0.39 is 119 Å². The number of aromatic hydroxyl groups is 1. The number of phenols is 1. The number of benzene rings is 4. The molecule has 4 aromatic carbocycles. The van der Waals surface area contributed by atoms with Crippen LogP contribution in [0.3, 0.4) is 0 Å². The molecule has 23 nitrogen and oxygen atoms in total. The summed E-state index contributed by atoms with van der Waals surface area (Å²) in [5.41, 5.74) is 15.5. The van der Waals surface area contributed by atoms with Gasteiger partial charge in [0.1, 0.15) is 42.0 Å². The van der Waals surface area contributed by atoms with Crippen molar-refractivity contribution in [1.29, 1.82) is 0 Å². The van der Waals surface area contributed by atoms with E-state index in [0.717, 1.165) is 27.0 Å². The Morgan fingerprint density at radius 2 is 1.36 bits per heavy atom. The first-order chi connectivity index (χ1) is 36.1. The SMILES string of the molecule is CC(C)[C@H](NC(=O)[C@@H]1CSSC[C@H](NC(=O)[C@@H](N)CC(=O)O)C(=O)N[C@@H](Cc2ccccc2)C(=O)NN(Cc2cccc3ccccc23)S(=O)(=O)N[C@@H](CCCCN)C(=O)N[C@@H](Cc2ccc(O)cc2)C(=O)N1)C(=O)O. The molecule has 1 fully saturated rings. The standard InChI is InChI=1S/C50H64N10O13S3/c1-29(2)43(50(70)71)57-48(68)41-28-75-74-27-40(55-44(64)36(52)25-42(62)63)47(67)54-39(23-30-11-4-3-5-12-30)49(69)58-60(26-33-15-10-14-32-13-6-7-16-35(32)33)76(72,73)59-37(17-8-9-22-51)45(65)53-38(46(66)56-41)24-31-18-20-34(61)21-19-31/h3-7,10-16,18-21,29,36-41,43,59,61H,8-9,17,22-28,51-52H2,1-2H3,(H,53,65)(H,54,67)(H,55,64)(H,56,66)(H,57,68)(H,58,69)(H,62,63)(H,70,71)/t36-,37-,38-,39-,40-,41-,43-/m0/s1. The molecule has 26 heteroatoms. The molecule has 5 rings (SSSR count). The number of carboxylic acids is 2. The molecule has 1 aliphatic rings. The summed E-state index contributed by atoms with van der Waals surface area (Å²) in [6, 6.07) is 15.3. The van der Waals surface area contributed by atoms with Gasteiger partial charge in [-0.3, -0.25) is 39.0 Å². The van der Waals surface area contributed by atoms with Crippen molar-refractivity contribution in [1.82, 2.24) is 41.1 Å². The highest BCUT2D eigenvalue weighted by molar-refractivity contribution is 8.76. The van der Waals surface area contributed by atoms with Gasteiger partial charge in [0.15, 0.2) is 0 Å². The second-order valence-corrected chi connectivity index (χ2v) is 22.4. The van der Waals surface area contributed by atoms with Gasteiger partial charge in [-0.2, -0.15) is 13.1 Å². The highest BCUT2D eigenvalue weighted by atomic mass is 33.1. The van der Waals surface area contributed by atoms with Crippen LogP contribution in [0.25, 0.3) is 10.8 Å². The first-order valence-corrected chi connectivity index (χ1v) is 28.1. The zero-order valence-corrected chi connectivity index (χ0v) is 44.1. The number of nitrogens with one attached hydrogen (secondary N) is 7. The fourth-order valence-electron chi connectivity index (χ4n) is 7.83. The van der Waals surface area contributed by atoms with E-state index >= 15 is 0 Å². The van der Waals surface area contributed by atoms with Gasteiger partial charge >= 0.3 is 11.9 Å². The summed E-state index contributed by atoms with van der Waals surface area (Å²) in [5.74, 6) is -10.2. The molecule has 1 saturated heterocycles. The molecule has 14 N–H and O–H groups in total. The highest BCUT2D eigenvalue weighted by Crippen LogP contribution is 2.25. The number of aliphatic carboxylic acids is 2. The summed E-state index contributed by atoms with van der Waals surface area (Å²) in [4.78, 5) is 110. The van der Waals surface area contributed by atoms with Crippen LogP contribution in [0.2, 0.25) is 0 Å². The minimum atomic E-state index is -5.03. The maximum absolute atomic E-state index is 15.0. The molecule has 7 atom stereocenters. The Morgan fingerprint density at radius 3 is 2.01 bits per heavy atom. The number of rotatable bonds is 18. The molecule has 0 unspecified atom stereocenters. The molecule has 410 valence electrons. The average Bonchev–Trinajstić information content (AvgIpc) is 3.37. The molecule has 0 bridgehead atoms. The number of fused-ring (bicyclic) bond motifs is 1. The van der Waals surface area contributed by atoms with Gasteiger partial charge in [-0.1, -0.05) is 131 Å². The van der Waals surface area contributed by atoms with Gasteiger partial charge in [0, 0.05) is 24.3 Å². The number of nitrogens with zero attached hydrogens (tertiary/aromatic N) is 1. The van der Waals surface area contributed by atoms with Gasteiger partial charge in [0.25, 0.3) is 16.1 Å². The predicted octanol–water partition coefficient (Wildman–Crippen LogP) is 0.558. The van der Waals surface area contributed by atoms with Crippen molar-refractivity contribution in [3.8, 4) is 5.75 Å². The molecule has 1 heterocycles. The molecule has 0 aliphatic carbocycles. The molecule has 6 amide bonds. The molecular formula is C50H64N10O13S3. The molecule has 0 aromatic heterocycles. The number of hydrazine groups is 1. The third-order valence-corrected chi connectivity index (χ3v) is 15.8. The molecule has 1 aliphatic heterocycles. The summed E-state index contributed by atoms with van der Waals surface area (Å²) in [7, 11) is -3.23. The molecular weight excluding hydrogens is 1040 g/mol. The Kier molecular flexibility index (Phi) is 22.8. The Balaban J connectivity index is 1.66. The third kappa shape index (κ3) is 18.2. The van der Waals surface area contributed by atoms with Crippen molar-refractivity contribution in [3.05, 3.63) is 114 Å². The molecule has 0 saturated carbocycles. The zero-order valence-electron chi connectivity index (χ0n) is 41.7. The summed E-state index contributed by atoms with van der Waals surface area (Å²) in [6.45, 7) is 2.74. The van der Waals surface area contributed by atoms with Crippen LogP contribution in [0.5, 0.6) is 5.75 Å². The Morgan fingerprint density at radius 1 is 0.750 bits per heavy atom. The smallest absolute Gasteiger partial charge is 0.326 e. The summed E-state index contributed by atoms with van der Waals surface area (Å²) in [6.07, 6.45) is -0.954. The van der Waals surface area contributed by atoms with Gasteiger partial charge in [0.2, 0.25) is 29.5 Å². The van der Waals surface area contributed by atoms with Crippen molar-refractivity contribution in [2.45, 2.75) is 101 Å². The van der Waals surface area contributed by atoms with E-state index in [-0.39, 0.29) is 49.5 Å².